The van der Waals surface area contributed by atoms with Crippen molar-refractivity contribution in [3.8, 4) is 22.5 Å². The van der Waals surface area contributed by atoms with Crippen molar-refractivity contribution in [3.63, 3.8) is 0 Å². The molecule has 5 aromatic rings. The average Bonchev–Trinajstić information content (AvgIpc) is 3.76. The molecule has 0 saturated carbocycles. The first-order valence-corrected chi connectivity index (χ1v) is 14.0. The zero-order valence-corrected chi connectivity index (χ0v) is 23.3. The number of aryl methyl sites for hydroxylation is 2. The number of carbonyl (C=O) groups is 1. The van der Waals surface area contributed by atoms with Crippen LogP contribution in [0.1, 0.15) is 43.1 Å². The van der Waals surface area contributed by atoms with E-state index in [9.17, 15) is 4.79 Å². The van der Waals surface area contributed by atoms with Gasteiger partial charge in [-0.1, -0.05) is 55.5 Å². The van der Waals surface area contributed by atoms with E-state index < -0.39 is 0 Å². The fourth-order valence-corrected chi connectivity index (χ4v) is 5.62. The second-order valence-corrected chi connectivity index (χ2v) is 10.5. The van der Waals surface area contributed by atoms with Crippen LogP contribution in [-0.2, 0) is 13.0 Å². The second-order valence-electron chi connectivity index (χ2n) is 10.5. The molecule has 3 aromatic carbocycles. The molecule has 3 heterocycles. The Balaban J connectivity index is 1.33. The lowest BCUT2D eigenvalue weighted by atomic mass is 9.98. The van der Waals surface area contributed by atoms with E-state index in [4.69, 9.17) is 4.98 Å². The standard InChI is InChI=1S/C31H34N8O/c1-4-9-28-32-29-21(2)18-24(37(3)31(40)38-16-7-8-17-38)19-27(29)39(28)20-22-12-14-23(15-13-22)25-10-5-6-11-26(25)30-33-35-36-34-30/h5-6,10-15,18-19H,4,7-9,16-17,20H2,1-3H3,(H,33,34,35,36). The number of benzene rings is 3. The van der Waals surface area contributed by atoms with Gasteiger partial charge in [-0.2, -0.15) is 5.21 Å². The van der Waals surface area contributed by atoms with Gasteiger partial charge in [-0.15, -0.1) is 10.2 Å². The van der Waals surface area contributed by atoms with Gasteiger partial charge in [-0.3, -0.25) is 4.90 Å². The lowest BCUT2D eigenvalue weighted by Crippen LogP contribution is -2.39. The van der Waals surface area contributed by atoms with Crippen LogP contribution in [0.25, 0.3) is 33.5 Å². The molecular weight excluding hydrogens is 500 g/mol. The van der Waals surface area contributed by atoms with Crippen LogP contribution in [0.3, 0.4) is 0 Å². The van der Waals surface area contributed by atoms with Gasteiger partial charge >= 0.3 is 6.03 Å². The molecule has 0 bridgehead atoms. The molecule has 1 aliphatic heterocycles. The smallest absolute Gasteiger partial charge is 0.324 e. The van der Waals surface area contributed by atoms with E-state index in [1.54, 1.807) is 4.90 Å². The average molecular weight is 535 g/mol. The van der Waals surface area contributed by atoms with Crippen molar-refractivity contribution < 1.29 is 4.79 Å². The normalized spacial score (nSPS) is 13.3. The van der Waals surface area contributed by atoms with Gasteiger partial charge < -0.3 is 9.47 Å². The van der Waals surface area contributed by atoms with Crippen molar-refractivity contribution >= 4 is 22.8 Å². The molecule has 0 aliphatic carbocycles. The molecule has 1 saturated heterocycles. The van der Waals surface area contributed by atoms with Crippen LogP contribution in [0.5, 0.6) is 0 Å². The number of amides is 2. The number of nitrogens with one attached hydrogen (secondary N) is 1. The first kappa shape index (κ1) is 25.7. The first-order chi connectivity index (χ1) is 19.5. The van der Waals surface area contributed by atoms with E-state index in [0.29, 0.717) is 12.4 Å². The van der Waals surface area contributed by atoms with Crippen molar-refractivity contribution in [2.75, 3.05) is 25.0 Å². The minimum atomic E-state index is 0.0628. The summed E-state index contributed by atoms with van der Waals surface area (Å²) in [5, 5.41) is 14.6. The molecule has 40 heavy (non-hydrogen) atoms. The third-order valence-corrected chi connectivity index (χ3v) is 7.75. The summed E-state index contributed by atoms with van der Waals surface area (Å²) in [6.45, 7) is 6.63. The van der Waals surface area contributed by atoms with Crippen LogP contribution in [0, 0.1) is 6.92 Å². The van der Waals surface area contributed by atoms with Crippen LogP contribution >= 0.6 is 0 Å². The van der Waals surface area contributed by atoms with E-state index in [1.165, 1.54) is 5.56 Å². The zero-order valence-electron chi connectivity index (χ0n) is 23.3. The van der Waals surface area contributed by atoms with E-state index >= 15 is 0 Å². The Morgan fingerprint density at radius 3 is 2.48 bits per heavy atom. The number of aromatic amines is 1. The quantitative estimate of drug-likeness (QED) is 0.283. The van der Waals surface area contributed by atoms with E-state index in [0.717, 1.165) is 83.6 Å². The molecule has 0 spiro atoms. The summed E-state index contributed by atoms with van der Waals surface area (Å²) >= 11 is 0. The van der Waals surface area contributed by atoms with Gasteiger partial charge in [0.05, 0.1) is 11.0 Å². The van der Waals surface area contributed by atoms with Gasteiger partial charge in [0.15, 0.2) is 0 Å². The second kappa shape index (κ2) is 10.9. The Bertz CT molecular complexity index is 1630. The largest absolute Gasteiger partial charge is 0.324 e. The summed E-state index contributed by atoms with van der Waals surface area (Å²) in [4.78, 5) is 21.9. The fourth-order valence-electron chi connectivity index (χ4n) is 5.62. The molecule has 2 amide bonds. The summed E-state index contributed by atoms with van der Waals surface area (Å²) in [5.41, 5.74) is 8.31. The number of H-pyrrole nitrogens is 1. The zero-order chi connectivity index (χ0) is 27.6. The number of nitrogens with zero attached hydrogens (tertiary/aromatic N) is 7. The van der Waals surface area contributed by atoms with Crippen molar-refractivity contribution in [1.82, 2.24) is 35.1 Å². The topological polar surface area (TPSA) is 95.8 Å². The van der Waals surface area contributed by atoms with E-state index in [-0.39, 0.29) is 6.03 Å². The van der Waals surface area contributed by atoms with Crippen LogP contribution in [0.2, 0.25) is 0 Å². The molecule has 2 aromatic heterocycles. The van der Waals surface area contributed by atoms with Crippen LogP contribution < -0.4 is 4.90 Å². The van der Waals surface area contributed by atoms with Gasteiger partial charge in [0.1, 0.15) is 5.82 Å². The number of anilines is 1. The third kappa shape index (κ3) is 4.83. The summed E-state index contributed by atoms with van der Waals surface area (Å²) < 4.78 is 2.31. The minimum Gasteiger partial charge on any atom is -0.324 e. The van der Waals surface area contributed by atoms with Gasteiger partial charge in [0, 0.05) is 44.4 Å². The molecule has 9 heteroatoms. The van der Waals surface area contributed by atoms with Crippen molar-refractivity contribution in [3.05, 3.63) is 77.6 Å². The molecule has 6 rings (SSSR count). The Labute approximate surface area is 233 Å². The highest BCUT2D eigenvalue weighted by Crippen LogP contribution is 2.31. The molecule has 1 aliphatic rings. The molecule has 204 valence electrons. The lowest BCUT2D eigenvalue weighted by Gasteiger charge is -2.25. The Hall–Kier alpha value is -4.53. The van der Waals surface area contributed by atoms with Gasteiger partial charge in [-0.25, -0.2) is 9.78 Å². The number of tetrazole rings is 1. The van der Waals surface area contributed by atoms with Gasteiger partial charge in [0.2, 0.25) is 5.82 Å². The summed E-state index contributed by atoms with van der Waals surface area (Å²) in [6.07, 6.45) is 4.05. The SMILES string of the molecule is CCCc1nc2c(C)cc(N(C)C(=O)N3CCCC3)cc2n1Cc1ccc(-c2ccccc2-c2nn[nH]n2)cc1. The third-order valence-electron chi connectivity index (χ3n) is 7.75. The number of urea groups is 1. The molecule has 9 nitrogen and oxygen atoms in total. The molecule has 0 radical (unpaired) electrons. The van der Waals surface area contributed by atoms with E-state index in [1.807, 2.05) is 30.1 Å². The van der Waals surface area contributed by atoms with E-state index in [2.05, 4.69) is 81.5 Å². The first-order valence-electron chi connectivity index (χ1n) is 14.0. The number of rotatable bonds is 7. The summed E-state index contributed by atoms with van der Waals surface area (Å²) in [6, 6.07) is 21.0. The lowest BCUT2D eigenvalue weighted by molar-refractivity contribution is 0.217. The molecule has 1 N–H and O–H groups in total. The number of carbonyl (C=O) groups excluding carboxylic acids is 1. The van der Waals surface area contributed by atoms with Crippen LogP contribution in [-0.4, -0.2) is 61.2 Å². The highest BCUT2D eigenvalue weighted by molar-refractivity contribution is 5.95. The Kier molecular flexibility index (Phi) is 7.02. The molecule has 0 unspecified atom stereocenters. The number of hydrogen-bond acceptors (Lipinski definition) is 5. The Morgan fingerprint density at radius 2 is 1.77 bits per heavy atom. The summed E-state index contributed by atoms with van der Waals surface area (Å²) in [5.74, 6) is 1.64. The maximum Gasteiger partial charge on any atom is 0.324 e. The van der Waals surface area contributed by atoms with Crippen molar-refractivity contribution in [1.29, 1.82) is 0 Å². The maximum atomic E-state index is 13.1. The van der Waals surface area contributed by atoms with Crippen molar-refractivity contribution in [2.45, 2.75) is 46.1 Å². The summed E-state index contributed by atoms with van der Waals surface area (Å²) in [7, 11) is 1.88. The van der Waals surface area contributed by atoms with Crippen LogP contribution in [0.4, 0.5) is 10.5 Å². The molecule has 1 fully saturated rings. The predicted molar refractivity (Wildman–Crippen MR) is 157 cm³/mol. The molecule has 0 atom stereocenters. The minimum absolute atomic E-state index is 0.0628. The number of hydrogen-bond donors (Lipinski definition) is 1. The number of fused-ring (bicyclic) bond motifs is 1. The number of imidazole rings is 1. The van der Waals surface area contributed by atoms with Crippen molar-refractivity contribution in [2.24, 2.45) is 0 Å². The monoisotopic (exact) mass is 534 g/mol. The highest BCUT2D eigenvalue weighted by Gasteiger charge is 2.24. The van der Waals surface area contributed by atoms with Gasteiger partial charge in [-0.05, 0) is 65.8 Å². The van der Waals surface area contributed by atoms with Gasteiger partial charge in [0.25, 0.3) is 0 Å². The predicted octanol–water partition coefficient (Wildman–Crippen LogP) is 5.84. The Morgan fingerprint density at radius 1 is 1.02 bits per heavy atom. The number of likely N-dealkylation sites (tertiary alicyclic amines) is 1. The fraction of sp³-hybridized carbons (Fsp3) is 0.323. The van der Waals surface area contributed by atoms with Crippen LogP contribution in [0.15, 0.2) is 60.7 Å². The molecular formula is C31H34N8O. The maximum absolute atomic E-state index is 13.1. The number of aromatic nitrogens is 6. The highest BCUT2D eigenvalue weighted by atomic mass is 16.2.